The molecule has 0 unspecified atom stereocenters. The van der Waals surface area contributed by atoms with Crippen LogP contribution in [0, 0.1) is 0 Å². The number of halogens is 1. The van der Waals surface area contributed by atoms with Gasteiger partial charge in [0.2, 0.25) is 0 Å². The SMILES string of the molecule is NC/C(=C\F)Cn1ncn(Cc2ccc(-c3ccc(N4CCNCC4)cc3)s2)c1=O. The van der Waals surface area contributed by atoms with E-state index >= 15 is 0 Å². The Kier molecular flexibility index (Phi) is 6.41. The number of aromatic nitrogens is 3. The van der Waals surface area contributed by atoms with Gasteiger partial charge < -0.3 is 16.0 Å². The number of hydrogen-bond acceptors (Lipinski definition) is 6. The van der Waals surface area contributed by atoms with Crippen LogP contribution in [0.4, 0.5) is 10.1 Å². The lowest BCUT2D eigenvalue weighted by Gasteiger charge is -2.29. The summed E-state index contributed by atoms with van der Waals surface area (Å²) in [6.07, 6.45) is 1.92. The highest BCUT2D eigenvalue weighted by Crippen LogP contribution is 2.30. The van der Waals surface area contributed by atoms with E-state index < -0.39 is 0 Å². The van der Waals surface area contributed by atoms with Crippen molar-refractivity contribution in [2.24, 2.45) is 5.73 Å². The zero-order valence-corrected chi connectivity index (χ0v) is 17.4. The molecular formula is C21H25FN6OS. The van der Waals surface area contributed by atoms with Crippen LogP contribution in [0.3, 0.4) is 0 Å². The van der Waals surface area contributed by atoms with Gasteiger partial charge in [-0.05, 0) is 35.4 Å². The fourth-order valence-electron chi connectivity index (χ4n) is 3.47. The molecule has 1 fully saturated rings. The van der Waals surface area contributed by atoms with Crippen LogP contribution in [-0.2, 0) is 13.1 Å². The third kappa shape index (κ3) is 4.53. The average Bonchev–Trinajstić information content (AvgIpc) is 3.40. The van der Waals surface area contributed by atoms with Crippen molar-refractivity contribution >= 4 is 17.0 Å². The van der Waals surface area contributed by atoms with E-state index in [1.54, 1.807) is 11.3 Å². The Labute approximate surface area is 178 Å². The van der Waals surface area contributed by atoms with E-state index in [9.17, 15) is 9.18 Å². The van der Waals surface area contributed by atoms with Crippen LogP contribution < -0.4 is 21.6 Å². The van der Waals surface area contributed by atoms with Gasteiger partial charge >= 0.3 is 5.69 Å². The van der Waals surface area contributed by atoms with Gasteiger partial charge in [-0.3, -0.25) is 4.57 Å². The zero-order valence-electron chi connectivity index (χ0n) is 16.6. The van der Waals surface area contributed by atoms with Gasteiger partial charge in [-0.15, -0.1) is 11.3 Å². The molecule has 0 saturated carbocycles. The molecule has 0 radical (unpaired) electrons. The van der Waals surface area contributed by atoms with Crippen LogP contribution >= 0.6 is 11.3 Å². The molecule has 7 nitrogen and oxygen atoms in total. The molecule has 3 heterocycles. The van der Waals surface area contributed by atoms with Gasteiger partial charge in [-0.25, -0.2) is 13.9 Å². The Hall–Kier alpha value is -2.75. The highest BCUT2D eigenvalue weighted by atomic mass is 32.1. The molecule has 3 N–H and O–H groups in total. The summed E-state index contributed by atoms with van der Waals surface area (Å²) in [5.74, 6) is 0. The second-order valence-electron chi connectivity index (χ2n) is 7.22. The fraction of sp³-hybridized carbons (Fsp3) is 0.333. The molecule has 1 aliphatic heterocycles. The van der Waals surface area contributed by atoms with Crippen LogP contribution in [0.2, 0.25) is 0 Å². The summed E-state index contributed by atoms with van der Waals surface area (Å²) >= 11 is 1.65. The lowest BCUT2D eigenvalue weighted by Crippen LogP contribution is -2.43. The van der Waals surface area contributed by atoms with E-state index in [-0.39, 0.29) is 18.8 Å². The number of benzene rings is 1. The number of nitrogens with two attached hydrogens (primary N) is 1. The lowest BCUT2D eigenvalue weighted by atomic mass is 10.1. The minimum Gasteiger partial charge on any atom is -0.369 e. The van der Waals surface area contributed by atoms with Crippen molar-refractivity contribution in [2.45, 2.75) is 13.1 Å². The first-order chi connectivity index (χ1) is 14.7. The first-order valence-corrected chi connectivity index (χ1v) is 10.7. The summed E-state index contributed by atoms with van der Waals surface area (Å²) in [6.45, 7) is 4.63. The van der Waals surface area contributed by atoms with Crippen molar-refractivity contribution in [3.05, 3.63) is 70.0 Å². The van der Waals surface area contributed by atoms with E-state index in [2.05, 4.69) is 45.6 Å². The van der Waals surface area contributed by atoms with Crippen molar-refractivity contribution in [1.82, 2.24) is 19.7 Å². The predicted octanol–water partition coefficient (Wildman–Crippen LogP) is 2.04. The molecule has 2 aromatic heterocycles. The van der Waals surface area contributed by atoms with Gasteiger partial charge in [0, 0.05) is 48.2 Å². The summed E-state index contributed by atoms with van der Waals surface area (Å²) in [4.78, 5) is 17.1. The van der Waals surface area contributed by atoms with Crippen molar-refractivity contribution in [3.8, 4) is 10.4 Å². The van der Waals surface area contributed by atoms with E-state index in [1.165, 1.54) is 21.3 Å². The number of anilines is 1. The lowest BCUT2D eigenvalue weighted by molar-refractivity contribution is 0.589. The summed E-state index contributed by atoms with van der Waals surface area (Å²) in [5.41, 5.74) is 7.91. The van der Waals surface area contributed by atoms with Gasteiger partial charge in [0.05, 0.1) is 19.4 Å². The minimum atomic E-state index is -0.280. The number of nitrogens with one attached hydrogen (secondary N) is 1. The van der Waals surface area contributed by atoms with Crippen molar-refractivity contribution in [2.75, 3.05) is 37.6 Å². The molecule has 3 aromatic rings. The van der Waals surface area contributed by atoms with Gasteiger partial charge in [-0.2, -0.15) is 5.10 Å². The van der Waals surface area contributed by atoms with Crippen LogP contribution in [-0.4, -0.2) is 47.1 Å². The zero-order chi connectivity index (χ0) is 20.9. The second kappa shape index (κ2) is 9.38. The number of rotatable bonds is 7. The molecule has 9 heteroatoms. The van der Waals surface area contributed by atoms with Crippen molar-refractivity contribution in [3.63, 3.8) is 0 Å². The second-order valence-corrected chi connectivity index (χ2v) is 8.39. The Morgan fingerprint density at radius 1 is 1.20 bits per heavy atom. The molecule has 0 aliphatic carbocycles. The van der Waals surface area contributed by atoms with Crippen LogP contribution in [0.25, 0.3) is 10.4 Å². The van der Waals surface area contributed by atoms with Crippen molar-refractivity contribution in [1.29, 1.82) is 0 Å². The van der Waals surface area contributed by atoms with E-state index in [0.717, 1.165) is 41.5 Å². The normalized spacial score (nSPS) is 15.0. The van der Waals surface area contributed by atoms with Gasteiger partial charge in [0.1, 0.15) is 6.33 Å². The number of piperazine rings is 1. The Balaban J connectivity index is 1.44. The molecule has 1 aromatic carbocycles. The van der Waals surface area contributed by atoms with Gasteiger partial charge in [0.25, 0.3) is 0 Å². The van der Waals surface area contributed by atoms with Gasteiger partial charge in [0.15, 0.2) is 0 Å². The maximum atomic E-state index is 12.7. The number of thiophene rings is 1. The quantitative estimate of drug-likeness (QED) is 0.602. The smallest absolute Gasteiger partial charge is 0.346 e. The van der Waals surface area contributed by atoms with Gasteiger partial charge in [-0.1, -0.05) is 12.1 Å². The first kappa shape index (κ1) is 20.5. The molecule has 0 bridgehead atoms. The molecule has 0 amide bonds. The fourth-order valence-corrected chi connectivity index (χ4v) is 4.48. The minimum absolute atomic E-state index is 0.0531. The van der Waals surface area contributed by atoms with Crippen LogP contribution in [0.1, 0.15) is 4.88 Å². The van der Waals surface area contributed by atoms with Crippen molar-refractivity contribution < 1.29 is 4.39 Å². The highest BCUT2D eigenvalue weighted by Gasteiger charge is 2.12. The first-order valence-electron chi connectivity index (χ1n) is 9.93. The van der Waals surface area contributed by atoms with E-state index in [0.29, 0.717) is 18.4 Å². The molecule has 1 saturated heterocycles. The summed E-state index contributed by atoms with van der Waals surface area (Å²) in [6, 6.07) is 12.7. The maximum absolute atomic E-state index is 12.7. The molecule has 158 valence electrons. The molecule has 4 rings (SSSR count). The third-order valence-corrected chi connectivity index (χ3v) is 6.31. The summed E-state index contributed by atoms with van der Waals surface area (Å²) in [5, 5.41) is 7.44. The number of hydrogen-bond donors (Lipinski definition) is 2. The molecule has 1 aliphatic rings. The van der Waals surface area contributed by atoms with Crippen LogP contribution in [0.5, 0.6) is 0 Å². The molecule has 0 spiro atoms. The highest BCUT2D eigenvalue weighted by molar-refractivity contribution is 7.15. The average molecular weight is 429 g/mol. The largest absolute Gasteiger partial charge is 0.369 e. The Morgan fingerprint density at radius 2 is 1.97 bits per heavy atom. The molecule has 30 heavy (non-hydrogen) atoms. The monoisotopic (exact) mass is 428 g/mol. The van der Waals surface area contributed by atoms with Crippen LogP contribution in [0.15, 0.2) is 59.4 Å². The Bertz CT molecular complexity index is 1060. The van der Waals surface area contributed by atoms with E-state index in [4.69, 9.17) is 5.73 Å². The number of nitrogens with zero attached hydrogens (tertiary/aromatic N) is 4. The maximum Gasteiger partial charge on any atom is 0.346 e. The molecule has 0 atom stereocenters. The summed E-state index contributed by atoms with van der Waals surface area (Å²) < 4.78 is 15.5. The molecular weight excluding hydrogens is 403 g/mol. The standard InChI is InChI=1S/C21H25FN6OS/c22-11-16(12-23)13-28-21(29)27(15-25-28)14-19-5-6-20(30-19)17-1-3-18(4-2-17)26-9-7-24-8-10-26/h1-6,11,15,24H,7-10,12-14,23H2/b16-11+. The van der Waals surface area contributed by atoms with E-state index in [1.807, 2.05) is 6.07 Å². The summed E-state index contributed by atoms with van der Waals surface area (Å²) in [7, 11) is 0. The Morgan fingerprint density at radius 3 is 2.67 bits per heavy atom. The topological polar surface area (TPSA) is 81.1 Å². The predicted molar refractivity (Wildman–Crippen MR) is 119 cm³/mol. The third-order valence-electron chi connectivity index (χ3n) is 5.19.